The molecule has 0 saturated carbocycles. The van der Waals surface area contributed by atoms with Crippen LogP contribution in [-0.2, 0) is 0 Å². The molecule has 0 unspecified atom stereocenters. The first-order valence-corrected chi connectivity index (χ1v) is 6.79. The summed E-state index contributed by atoms with van der Waals surface area (Å²) in [7, 11) is 0. The Kier molecular flexibility index (Phi) is 4.13. The number of carboxylic acids is 1. The lowest BCUT2D eigenvalue weighted by Crippen LogP contribution is -2.14. The minimum atomic E-state index is -1.13. The molecule has 1 aromatic heterocycles. The zero-order valence-electron chi connectivity index (χ0n) is 11.3. The topological polar surface area (TPSA) is 82.2 Å². The first-order valence-electron chi connectivity index (χ1n) is 6.00. The third-order valence-electron chi connectivity index (χ3n) is 3.06. The molecule has 0 atom stereocenters. The Balaban J connectivity index is 2.35. The quantitative estimate of drug-likeness (QED) is 0.788. The van der Waals surface area contributed by atoms with Gasteiger partial charge in [-0.05, 0) is 53.5 Å². The van der Waals surface area contributed by atoms with Crippen LogP contribution in [0.4, 0.5) is 10.1 Å². The molecule has 0 fully saturated rings. The van der Waals surface area contributed by atoms with E-state index in [-0.39, 0.29) is 11.3 Å². The Bertz CT molecular complexity index is 740. The number of anilines is 1. The number of carbonyl (C=O) groups excluding carboxylic acids is 1. The fraction of sp³-hybridized carbons (Fsp3) is 0.143. The van der Waals surface area contributed by atoms with Gasteiger partial charge in [0, 0.05) is 10.2 Å². The molecule has 1 amide bonds. The van der Waals surface area contributed by atoms with Crippen molar-refractivity contribution in [2.45, 2.75) is 13.8 Å². The van der Waals surface area contributed by atoms with E-state index in [0.29, 0.717) is 21.4 Å². The Labute approximate surface area is 128 Å². The first kappa shape index (κ1) is 15.2. The third-order valence-corrected chi connectivity index (χ3v) is 3.71. The van der Waals surface area contributed by atoms with E-state index in [4.69, 9.17) is 5.11 Å². The number of hydrogen-bond donors (Lipinski definition) is 3. The Morgan fingerprint density at radius 1 is 1.33 bits per heavy atom. The van der Waals surface area contributed by atoms with Crippen molar-refractivity contribution < 1.29 is 19.1 Å². The normalized spacial score (nSPS) is 10.5. The predicted molar refractivity (Wildman–Crippen MR) is 79.3 cm³/mol. The van der Waals surface area contributed by atoms with Crippen molar-refractivity contribution in [2.24, 2.45) is 0 Å². The van der Waals surface area contributed by atoms with Gasteiger partial charge < -0.3 is 15.4 Å². The molecule has 2 rings (SSSR count). The van der Waals surface area contributed by atoms with Crippen molar-refractivity contribution in [3.05, 3.63) is 51.0 Å². The van der Waals surface area contributed by atoms with E-state index >= 15 is 0 Å². The van der Waals surface area contributed by atoms with Gasteiger partial charge in [0.2, 0.25) is 0 Å². The zero-order valence-corrected chi connectivity index (χ0v) is 12.8. The van der Waals surface area contributed by atoms with E-state index in [1.807, 2.05) is 0 Å². The summed E-state index contributed by atoms with van der Waals surface area (Å²) < 4.78 is 13.4. The number of rotatable bonds is 3. The van der Waals surface area contributed by atoms with Gasteiger partial charge in [0.05, 0.1) is 11.3 Å². The van der Waals surface area contributed by atoms with E-state index in [2.05, 4.69) is 26.2 Å². The number of H-pyrrole nitrogens is 1. The van der Waals surface area contributed by atoms with Crippen molar-refractivity contribution in [1.82, 2.24) is 4.98 Å². The predicted octanol–water partition coefficient (Wildman–Crippen LogP) is 3.48. The van der Waals surface area contributed by atoms with Gasteiger partial charge in [0.15, 0.2) is 0 Å². The van der Waals surface area contributed by atoms with Crippen LogP contribution < -0.4 is 5.32 Å². The van der Waals surface area contributed by atoms with Crippen molar-refractivity contribution in [3.63, 3.8) is 0 Å². The van der Waals surface area contributed by atoms with Crippen molar-refractivity contribution in [2.75, 3.05) is 5.32 Å². The summed E-state index contributed by atoms with van der Waals surface area (Å²) in [5.74, 6) is -2.01. The van der Waals surface area contributed by atoms with Crippen molar-refractivity contribution in [3.8, 4) is 0 Å². The van der Waals surface area contributed by atoms with E-state index in [1.54, 1.807) is 13.8 Å². The molecule has 5 nitrogen and oxygen atoms in total. The maximum absolute atomic E-state index is 13.0. The average Bonchev–Trinajstić information content (AvgIpc) is 2.68. The number of aromatic amines is 1. The number of aryl methyl sites for hydroxylation is 1. The molecule has 2 aromatic rings. The van der Waals surface area contributed by atoms with Gasteiger partial charge in [0.25, 0.3) is 5.91 Å². The highest BCUT2D eigenvalue weighted by atomic mass is 79.9. The van der Waals surface area contributed by atoms with Crippen LogP contribution in [0.2, 0.25) is 0 Å². The molecular weight excluding hydrogens is 343 g/mol. The van der Waals surface area contributed by atoms with E-state index in [1.165, 1.54) is 18.2 Å². The van der Waals surface area contributed by atoms with Crippen LogP contribution in [0.1, 0.15) is 32.1 Å². The lowest BCUT2D eigenvalue weighted by molar-refractivity contribution is 0.0690. The summed E-state index contributed by atoms with van der Waals surface area (Å²) in [4.78, 5) is 26.0. The van der Waals surface area contributed by atoms with E-state index in [0.717, 1.165) is 0 Å². The van der Waals surface area contributed by atoms with E-state index < -0.39 is 17.7 Å². The standard InChI is InChI=1S/C14H12BrFN2O3/c1-6-11(7(2)17-12(6)14(20)21)13(19)18-10-4-3-8(16)5-9(10)15/h3-5,17H,1-2H3,(H,18,19)(H,20,21). The van der Waals surface area contributed by atoms with Gasteiger partial charge in [0.1, 0.15) is 11.5 Å². The number of carboxylic acid groups (broad SMARTS) is 1. The van der Waals surface area contributed by atoms with Gasteiger partial charge >= 0.3 is 5.97 Å². The summed E-state index contributed by atoms with van der Waals surface area (Å²) in [6.45, 7) is 3.18. The summed E-state index contributed by atoms with van der Waals surface area (Å²) in [5, 5.41) is 11.7. The fourth-order valence-corrected chi connectivity index (χ4v) is 2.53. The van der Waals surface area contributed by atoms with Gasteiger partial charge in [-0.25, -0.2) is 9.18 Å². The first-order chi connectivity index (χ1) is 9.81. The highest BCUT2D eigenvalue weighted by Gasteiger charge is 2.22. The maximum atomic E-state index is 13.0. The van der Waals surface area contributed by atoms with Crippen LogP contribution >= 0.6 is 15.9 Å². The number of aromatic carboxylic acids is 1. The molecule has 0 aliphatic carbocycles. The Morgan fingerprint density at radius 3 is 2.52 bits per heavy atom. The molecule has 0 saturated heterocycles. The van der Waals surface area contributed by atoms with Gasteiger partial charge in [-0.15, -0.1) is 0 Å². The minimum Gasteiger partial charge on any atom is -0.477 e. The molecule has 0 bridgehead atoms. The number of hydrogen-bond acceptors (Lipinski definition) is 2. The number of halogens is 2. The largest absolute Gasteiger partial charge is 0.477 e. The van der Waals surface area contributed by atoms with Crippen LogP contribution in [0.3, 0.4) is 0 Å². The number of nitrogens with one attached hydrogen (secondary N) is 2. The summed E-state index contributed by atoms with van der Waals surface area (Å²) in [6.07, 6.45) is 0. The Morgan fingerprint density at radius 2 is 2.00 bits per heavy atom. The van der Waals surface area contributed by atoms with Gasteiger partial charge in [-0.2, -0.15) is 0 Å². The monoisotopic (exact) mass is 354 g/mol. The highest BCUT2D eigenvalue weighted by Crippen LogP contribution is 2.25. The average molecular weight is 355 g/mol. The fourth-order valence-electron chi connectivity index (χ4n) is 2.08. The summed E-state index contributed by atoms with van der Waals surface area (Å²) >= 11 is 3.16. The number of aromatic nitrogens is 1. The highest BCUT2D eigenvalue weighted by molar-refractivity contribution is 9.10. The van der Waals surface area contributed by atoms with Crippen molar-refractivity contribution >= 4 is 33.5 Å². The lowest BCUT2D eigenvalue weighted by Gasteiger charge is -2.08. The second kappa shape index (κ2) is 5.69. The zero-order chi connectivity index (χ0) is 15.7. The molecule has 7 heteroatoms. The maximum Gasteiger partial charge on any atom is 0.352 e. The SMILES string of the molecule is Cc1[nH]c(C(=O)O)c(C)c1C(=O)Nc1ccc(F)cc1Br. The molecule has 0 radical (unpaired) electrons. The Hall–Kier alpha value is -2.15. The second-order valence-electron chi connectivity index (χ2n) is 4.51. The van der Waals surface area contributed by atoms with Crippen LogP contribution in [-0.4, -0.2) is 22.0 Å². The molecule has 21 heavy (non-hydrogen) atoms. The lowest BCUT2D eigenvalue weighted by atomic mass is 10.1. The molecule has 0 aliphatic rings. The summed E-state index contributed by atoms with van der Waals surface area (Å²) in [5.41, 5.74) is 1.47. The minimum absolute atomic E-state index is 0.0178. The number of benzene rings is 1. The molecule has 3 N–H and O–H groups in total. The number of carbonyl (C=O) groups is 2. The molecule has 0 aliphatic heterocycles. The molecule has 1 heterocycles. The summed E-state index contributed by atoms with van der Waals surface area (Å²) in [6, 6.07) is 3.88. The number of amides is 1. The van der Waals surface area contributed by atoms with Gasteiger partial charge in [-0.3, -0.25) is 4.79 Å². The molecule has 0 spiro atoms. The van der Waals surface area contributed by atoms with Crippen LogP contribution in [0.5, 0.6) is 0 Å². The third kappa shape index (κ3) is 2.97. The van der Waals surface area contributed by atoms with Crippen molar-refractivity contribution in [1.29, 1.82) is 0 Å². The van der Waals surface area contributed by atoms with Gasteiger partial charge in [-0.1, -0.05) is 0 Å². The molecular formula is C14H12BrFN2O3. The van der Waals surface area contributed by atoms with Crippen LogP contribution in [0.25, 0.3) is 0 Å². The van der Waals surface area contributed by atoms with E-state index in [9.17, 15) is 14.0 Å². The smallest absolute Gasteiger partial charge is 0.352 e. The second-order valence-corrected chi connectivity index (χ2v) is 5.36. The van der Waals surface area contributed by atoms with Crippen LogP contribution in [0, 0.1) is 19.7 Å². The molecule has 110 valence electrons. The van der Waals surface area contributed by atoms with Crippen LogP contribution in [0.15, 0.2) is 22.7 Å². The molecule has 1 aromatic carbocycles.